The van der Waals surface area contributed by atoms with Gasteiger partial charge in [-0.05, 0) is 30.3 Å². The first-order valence-corrected chi connectivity index (χ1v) is 11.1. The second-order valence-electron chi connectivity index (χ2n) is 8.45. The summed E-state index contributed by atoms with van der Waals surface area (Å²) in [6.45, 7) is 0.825. The highest BCUT2D eigenvalue weighted by atomic mass is 35.5. The van der Waals surface area contributed by atoms with Crippen molar-refractivity contribution in [2.75, 3.05) is 23.3 Å². The van der Waals surface area contributed by atoms with Crippen molar-refractivity contribution in [3.63, 3.8) is 0 Å². The molecule has 0 bridgehead atoms. The summed E-state index contributed by atoms with van der Waals surface area (Å²) in [4.78, 5) is 27.4. The lowest BCUT2D eigenvalue weighted by atomic mass is 10.0. The fraction of sp³-hybridized carbons (Fsp3) is 0.304. The van der Waals surface area contributed by atoms with E-state index >= 15 is 0 Å². The highest BCUT2D eigenvalue weighted by Crippen LogP contribution is 2.47. The minimum absolute atomic E-state index is 0.0332. The molecule has 3 heterocycles. The van der Waals surface area contributed by atoms with Crippen LogP contribution in [-0.4, -0.2) is 61.9 Å². The van der Waals surface area contributed by atoms with E-state index in [4.69, 9.17) is 11.6 Å². The summed E-state index contributed by atoms with van der Waals surface area (Å²) in [5.41, 5.74) is -2.03. The van der Waals surface area contributed by atoms with Crippen LogP contribution in [0.4, 0.5) is 20.3 Å². The van der Waals surface area contributed by atoms with Gasteiger partial charge in [0.25, 0.3) is 5.91 Å². The van der Waals surface area contributed by atoms with E-state index in [0.717, 1.165) is 0 Å². The van der Waals surface area contributed by atoms with Gasteiger partial charge in [-0.2, -0.15) is 0 Å². The summed E-state index contributed by atoms with van der Waals surface area (Å²) in [7, 11) is 0. The number of alkyl halides is 3. The van der Waals surface area contributed by atoms with E-state index in [1.54, 1.807) is 18.5 Å². The van der Waals surface area contributed by atoms with Gasteiger partial charge in [0.05, 0.1) is 17.8 Å². The van der Waals surface area contributed by atoms with Crippen molar-refractivity contribution in [1.82, 2.24) is 15.0 Å². The number of amides is 1. The van der Waals surface area contributed by atoms with Crippen LogP contribution in [0.2, 0.25) is 0 Å². The quantitative estimate of drug-likeness (QED) is 0.439. The van der Waals surface area contributed by atoms with Crippen molar-refractivity contribution in [2.24, 2.45) is 11.8 Å². The summed E-state index contributed by atoms with van der Waals surface area (Å²) in [5.74, 6) is -0.250. The van der Waals surface area contributed by atoms with Gasteiger partial charge in [0.15, 0.2) is 0 Å². The zero-order chi connectivity index (χ0) is 24.7. The SMILES string of the molecule is O=C(Nc1ccc(OC(F)(F)Cl)cc1)c1cnc(N2CC(O)C3C(O)C3C2)c(-c2cncnc2)c1. The molecule has 2 aliphatic rings. The number of ether oxygens (including phenoxy) is 1. The molecule has 1 aromatic carbocycles. The van der Waals surface area contributed by atoms with E-state index in [1.165, 1.54) is 36.8 Å². The Morgan fingerprint density at radius 1 is 1.14 bits per heavy atom. The lowest BCUT2D eigenvalue weighted by Gasteiger charge is -2.31. The molecule has 0 radical (unpaired) electrons. The molecule has 12 heteroatoms. The van der Waals surface area contributed by atoms with Crippen LogP contribution in [0.3, 0.4) is 0 Å². The molecule has 1 amide bonds. The number of aromatic nitrogens is 3. The Morgan fingerprint density at radius 2 is 1.86 bits per heavy atom. The number of piperidine rings is 1. The fourth-order valence-corrected chi connectivity index (χ4v) is 4.49. The van der Waals surface area contributed by atoms with Crippen molar-refractivity contribution in [3.8, 4) is 16.9 Å². The smallest absolute Gasteiger partial charge is 0.420 e. The molecule has 5 rings (SSSR count). The molecule has 1 saturated carbocycles. The van der Waals surface area contributed by atoms with Crippen LogP contribution in [0, 0.1) is 11.8 Å². The van der Waals surface area contributed by atoms with Crippen molar-refractivity contribution in [2.45, 2.75) is 17.8 Å². The average Bonchev–Trinajstić information content (AvgIpc) is 3.49. The van der Waals surface area contributed by atoms with E-state index in [-0.39, 0.29) is 23.1 Å². The molecule has 2 aromatic heterocycles. The normalized spacial score (nSPS) is 23.4. The summed E-state index contributed by atoms with van der Waals surface area (Å²) < 4.78 is 29.8. The largest absolute Gasteiger partial charge is 0.487 e. The highest BCUT2D eigenvalue weighted by Gasteiger charge is 2.57. The predicted octanol–water partition coefficient (Wildman–Crippen LogP) is 2.75. The Morgan fingerprint density at radius 3 is 2.51 bits per heavy atom. The Labute approximate surface area is 203 Å². The van der Waals surface area contributed by atoms with E-state index in [0.29, 0.717) is 35.7 Å². The van der Waals surface area contributed by atoms with Crippen LogP contribution in [-0.2, 0) is 0 Å². The van der Waals surface area contributed by atoms with Gasteiger partial charge >= 0.3 is 5.57 Å². The molecule has 9 nitrogen and oxygen atoms in total. The standard InChI is InChI=1S/C23H20ClF2N5O4/c24-23(25,26)35-15-3-1-14(2-4-15)30-22(34)12-5-16(13-6-27-11-28-7-13)21(29-8-12)31-9-17-19(20(17)33)18(32)10-31/h1-8,11,17-20,32-33H,9-10H2,(H,30,34). The third-order valence-corrected chi connectivity index (χ3v) is 6.19. The molecule has 182 valence electrons. The lowest BCUT2D eigenvalue weighted by Crippen LogP contribution is -2.41. The number of hydrogen-bond donors (Lipinski definition) is 3. The number of benzene rings is 1. The number of carbonyl (C=O) groups excluding carboxylic acids is 1. The van der Waals surface area contributed by atoms with Crippen LogP contribution in [0.5, 0.6) is 5.75 Å². The van der Waals surface area contributed by atoms with Gasteiger partial charge in [0, 0.05) is 71.9 Å². The second kappa shape index (κ2) is 8.99. The van der Waals surface area contributed by atoms with Gasteiger partial charge in [0.1, 0.15) is 17.9 Å². The minimum atomic E-state index is -3.83. The predicted molar refractivity (Wildman–Crippen MR) is 122 cm³/mol. The number of anilines is 2. The Bertz CT molecular complexity index is 1220. The first-order valence-electron chi connectivity index (χ1n) is 10.7. The third kappa shape index (κ3) is 5.02. The maximum absolute atomic E-state index is 12.9. The topological polar surface area (TPSA) is 121 Å². The molecule has 0 spiro atoms. The number of nitrogens with one attached hydrogen (secondary N) is 1. The number of β-amino-alcohol motifs (C(OH)–C–C–N with tert-alkyl or cyclic N) is 1. The third-order valence-electron chi connectivity index (χ3n) is 6.12. The molecule has 3 N–H and O–H groups in total. The zero-order valence-electron chi connectivity index (χ0n) is 18.1. The first-order chi connectivity index (χ1) is 16.7. The average molecular weight is 504 g/mol. The second-order valence-corrected chi connectivity index (χ2v) is 8.89. The van der Waals surface area contributed by atoms with Gasteiger partial charge in [0.2, 0.25) is 0 Å². The molecule has 4 atom stereocenters. The number of aliphatic hydroxyl groups excluding tert-OH is 2. The molecular weight excluding hydrogens is 484 g/mol. The summed E-state index contributed by atoms with van der Waals surface area (Å²) in [5, 5.41) is 23.1. The Kier molecular flexibility index (Phi) is 5.99. The molecule has 2 fully saturated rings. The summed E-state index contributed by atoms with van der Waals surface area (Å²) in [6, 6.07) is 6.94. The van der Waals surface area contributed by atoms with E-state index < -0.39 is 23.7 Å². The number of pyridine rings is 1. The fourth-order valence-electron chi connectivity index (χ4n) is 4.40. The maximum Gasteiger partial charge on any atom is 0.487 e. The molecule has 1 saturated heterocycles. The zero-order valence-corrected chi connectivity index (χ0v) is 18.8. The van der Waals surface area contributed by atoms with Crippen LogP contribution in [0.15, 0.2) is 55.2 Å². The molecular formula is C23H20ClF2N5O4. The number of hydrogen-bond acceptors (Lipinski definition) is 8. The number of rotatable bonds is 6. The number of aliphatic hydroxyl groups is 2. The van der Waals surface area contributed by atoms with E-state index in [1.807, 2.05) is 4.90 Å². The Hall–Kier alpha value is -3.41. The van der Waals surface area contributed by atoms with Gasteiger partial charge in [-0.3, -0.25) is 4.79 Å². The van der Waals surface area contributed by atoms with Crippen LogP contribution >= 0.6 is 11.6 Å². The molecule has 35 heavy (non-hydrogen) atoms. The maximum atomic E-state index is 12.9. The van der Waals surface area contributed by atoms with Crippen molar-refractivity contribution >= 4 is 29.0 Å². The summed E-state index contributed by atoms with van der Waals surface area (Å²) in [6.07, 6.45) is 4.77. The van der Waals surface area contributed by atoms with Gasteiger partial charge in [-0.15, -0.1) is 8.78 Å². The molecule has 1 aliphatic carbocycles. The van der Waals surface area contributed by atoms with Crippen LogP contribution in [0.1, 0.15) is 10.4 Å². The van der Waals surface area contributed by atoms with E-state index in [9.17, 15) is 23.8 Å². The minimum Gasteiger partial charge on any atom is -0.420 e. The monoisotopic (exact) mass is 503 g/mol. The number of fused-ring (bicyclic) bond motifs is 1. The number of carbonyl (C=O) groups is 1. The van der Waals surface area contributed by atoms with Crippen molar-refractivity contribution < 1.29 is 28.5 Å². The highest BCUT2D eigenvalue weighted by molar-refractivity contribution is 6.20. The van der Waals surface area contributed by atoms with Crippen LogP contribution in [0.25, 0.3) is 11.1 Å². The number of halogens is 3. The van der Waals surface area contributed by atoms with Gasteiger partial charge in [-0.1, -0.05) is 0 Å². The van der Waals surface area contributed by atoms with E-state index in [2.05, 4.69) is 25.0 Å². The first kappa shape index (κ1) is 23.3. The lowest BCUT2D eigenvalue weighted by molar-refractivity contribution is -0.0964. The summed E-state index contributed by atoms with van der Waals surface area (Å²) >= 11 is 4.76. The van der Waals surface area contributed by atoms with Gasteiger partial charge in [-0.25, -0.2) is 15.0 Å². The molecule has 3 aromatic rings. The molecule has 1 aliphatic heterocycles. The Balaban J connectivity index is 1.39. The molecule has 4 unspecified atom stereocenters. The van der Waals surface area contributed by atoms with Gasteiger partial charge < -0.3 is 25.2 Å². The van der Waals surface area contributed by atoms with Crippen molar-refractivity contribution in [3.05, 3.63) is 60.8 Å². The van der Waals surface area contributed by atoms with Crippen LogP contribution < -0.4 is 15.0 Å². The number of nitrogens with zero attached hydrogens (tertiary/aromatic N) is 4. The van der Waals surface area contributed by atoms with Crippen molar-refractivity contribution in [1.29, 1.82) is 0 Å².